The van der Waals surface area contributed by atoms with Crippen LogP contribution in [0.1, 0.15) is 43.0 Å². The SMILES string of the molecule is CC(C)CC1C(=O)NC(C2Cc3ccccc3C2)C(=O)N1C(C(N)=O)c1ccc(F)cc1. The number of nitrogens with zero attached hydrogens (tertiary/aromatic N) is 1. The second-order valence-corrected chi connectivity index (χ2v) is 9.17. The first kappa shape index (κ1) is 22.0. The van der Waals surface area contributed by atoms with Crippen LogP contribution in [0.2, 0.25) is 0 Å². The van der Waals surface area contributed by atoms with Crippen LogP contribution < -0.4 is 11.1 Å². The molecule has 0 aromatic heterocycles. The molecule has 2 aromatic rings. The smallest absolute Gasteiger partial charge is 0.247 e. The second kappa shape index (κ2) is 8.73. The molecule has 3 amide bonds. The Hall–Kier alpha value is -3.22. The average molecular weight is 438 g/mol. The first-order valence-corrected chi connectivity index (χ1v) is 11.0. The number of primary amides is 1. The van der Waals surface area contributed by atoms with Crippen LogP contribution in [0.15, 0.2) is 48.5 Å². The number of carbonyl (C=O) groups is 3. The summed E-state index contributed by atoms with van der Waals surface area (Å²) in [7, 11) is 0. The lowest BCUT2D eigenvalue weighted by Crippen LogP contribution is -2.67. The lowest BCUT2D eigenvalue weighted by Gasteiger charge is -2.44. The van der Waals surface area contributed by atoms with Crippen molar-refractivity contribution >= 4 is 17.7 Å². The van der Waals surface area contributed by atoms with E-state index in [-0.39, 0.29) is 23.7 Å². The van der Waals surface area contributed by atoms with Crippen molar-refractivity contribution in [2.24, 2.45) is 17.6 Å². The van der Waals surface area contributed by atoms with Crippen molar-refractivity contribution in [2.75, 3.05) is 0 Å². The Balaban J connectivity index is 1.71. The van der Waals surface area contributed by atoms with Crippen LogP contribution in [0.4, 0.5) is 4.39 Å². The molecule has 1 aliphatic heterocycles. The highest BCUT2D eigenvalue weighted by atomic mass is 19.1. The zero-order chi connectivity index (χ0) is 23.0. The summed E-state index contributed by atoms with van der Waals surface area (Å²) < 4.78 is 13.5. The zero-order valence-corrected chi connectivity index (χ0v) is 18.3. The fourth-order valence-corrected chi connectivity index (χ4v) is 4.98. The number of nitrogens with one attached hydrogen (secondary N) is 1. The van der Waals surface area contributed by atoms with Crippen LogP contribution in [0, 0.1) is 17.7 Å². The van der Waals surface area contributed by atoms with E-state index in [2.05, 4.69) is 5.32 Å². The minimum Gasteiger partial charge on any atom is -0.368 e. The van der Waals surface area contributed by atoms with E-state index in [1.807, 2.05) is 38.1 Å². The fraction of sp³-hybridized carbons (Fsp3) is 0.400. The highest BCUT2D eigenvalue weighted by molar-refractivity contribution is 6.00. The highest BCUT2D eigenvalue weighted by Crippen LogP contribution is 2.35. The van der Waals surface area contributed by atoms with Crippen LogP contribution in [0.25, 0.3) is 0 Å². The molecule has 3 N–H and O–H groups in total. The summed E-state index contributed by atoms with van der Waals surface area (Å²) in [5.41, 5.74) is 8.47. The van der Waals surface area contributed by atoms with Crippen molar-refractivity contribution in [3.8, 4) is 0 Å². The Morgan fingerprint density at radius 2 is 1.69 bits per heavy atom. The third-order valence-electron chi connectivity index (χ3n) is 6.44. The molecule has 6 nitrogen and oxygen atoms in total. The molecule has 4 rings (SSSR count). The molecule has 168 valence electrons. The molecule has 2 aliphatic rings. The van der Waals surface area contributed by atoms with Gasteiger partial charge in [0.05, 0.1) is 0 Å². The largest absolute Gasteiger partial charge is 0.368 e. The Morgan fingerprint density at radius 3 is 2.22 bits per heavy atom. The van der Waals surface area contributed by atoms with Crippen molar-refractivity contribution in [3.05, 3.63) is 71.0 Å². The van der Waals surface area contributed by atoms with Crippen molar-refractivity contribution in [1.29, 1.82) is 0 Å². The van der Waals surface area contributed by atoms with Crippen LogP contribution in [-0.4, -0.2) is 34.7 Å². The summed E-state index contributed by atoms with van der Waals surface area (Å²) in [5.74, 6) is -1.81. The summed E-state index contributed by atoms with van der Waals surface area (Å²) >= 11 is 0. The maximum absolute atomic E-state index is 13.8. The summed E-state index contributed by atoms with van der Waals surface area (Å²) in [5, 5.41) is 2.94. The van der Waals surface area contributed by atoms with E-state index in [1.165, 1.54) is 40.3 Å². The van der Waals surface area contributed by atoms with Crippen LogP contribution >= 0.6 is 0 Å². The van der Waals surface area contributed by atoms with Crippen LogP contribution in [0.3, 0.4) is 0 Å². The number of fused-ring (bicyclic) bond motifs is 1. The second-order valence-electron chi connectivity index (χ2n) is 9.17. The fourth-order valence-electron chi connectivity index (χ4n) is 4.98. The number of hydrogen-bond acceptors (Lipinski definition) is 3. The predicted molar refractivity (Wildman–Crippen MR) is 118 cm³/mol. The number of hydrogen-bond donors (Lipinski definition) is 2. The number of piperazine rings is 1. The lowest BCUT2D eigenvalue weighted by atomic mass is 9.88. The van der Waals surface area contributed by atoms with Gasteiger partial charge in [-0.1, -0.05) is 50.2 Å². The summed E-state index contributed by atoms with van der Waals surface area (Å²) in [6, 6.07) is 10.6. The summed E-state index contributed by atoms with van der Waals surface area (Å²) in [6.07, 6.45) is 1.74. The summed E-state index contributed by atoms with van der Waals surface area (Å²) in [4.78, 5) is 41.0. The van der Waals surface area contributed by atoms with Gasteiger partial charge in [0.25, 0.3) is 0 Å². The number of rotatable bonds is 6. The molecule has 0 spiro atoms. The third kappa shape index (κ3) is 4.11. The van der Waals surface area contributed by atoms with Crippen molar-refractivity contribution in [2.45, 2.75) is 51.2 Å². The Labute approximate surface area is 187 Å². The molecular formula is C25H28FN3O3. The molecule has 7 heteroatoms. The predicted octanol–water partition coefficient (Wildman–Crippen LogP) is 2.51. The minimum absolute atomic E-state index is 0.104. The van der Waals surface area contributed by atoms with Crippen molar-refractivity contribution < 1.29 is 18.8 Å². The summed E-state index contributed by atoms with van der Waals surface area (Å²) in [6.45, 7) is 3.90. The van der Waals surface area contributed by atoms with Crippen molar-refractivity contribution in [3.63, 3.8) is 0 Å². The molecule has 0 radical (unpaired) electrons. The molecule has 1 saturated heterocycles. The quantitative estimate of drug-likeness (QED) is 0.727. The van der Waals surface area contributed by atoms with Crippen LogP contribution in [-0.2, 0) is 27.2 Å². The van der Waals surface area contributed by atoms with E-state index < -0.39 is 29.8 Å². The van der Waals surface area contributed by atoms with E-state index in [1.54, 1.807) is 0 Å². The van der Waals surface area contributed by atoms with Gasteiger partial charge in [-0.2, -0.15) is 0 Å². The number of halogens is 1. The van der Waals surface area contributed by atoms with Crippen molar-refractivity contribution in [1.82, 2.24) is 10.2 Å². The molecule has 0 saturated carbocycles. The molecular weight excluding hydrogens is 409 g/mol. The molecule has 3 atom stereocenters. The molecule has 1 heterocycles. The van der Waals surface area contributed by atoms with E-state index in [0.29, 0.717) is 24.8 Å². The highest BCUT2D eigenvalue weighted by Gasteiger charge is 2.49. The molecule has 2 aromatic carbocycles. The third-order valence-corrected chi connectivity index (χ3v) is 6.44. The molecule has 1 aliphatic carbocycles. The monoisotopic (exact) mass is 437 g/mol. The van der Waals surface area contributed by atoms with Gasteiger partial charge in [-0.05, 0) is 59.9 Å². The number of nitrogens with two attached hydrogens (primary N) is 1. The Morgan fingerprint density at radius 1 is 1.09 bits per heavy atom. The number of amides is 3. The molecule has 32 heavy (non-hydrogen) atoms. The van der Waals surface area contributed by atoms with E-state index in [4.69, 9.17) is 5.73 Å². The molecule has 0 bridgehead atoms. The van der Waals surface area contributed by atoms with Gasteiger partial charge in [0, 0.05) is 0 Å². The van der Waals surface area contributed by atoms with E-state index in [9.17, 15) is 18.8 Å². The average Bonchev–Trinajstić information content (AvgIpc) is 3.17. The van der Waals surface area contributed by atoms with Gasteiger partial charge in [0.2, 0.25) is 17.7 Å². The zero-order valence-electron chi connectivity index (χ0n) is 18.3. The van der Waals surface area contributed by atoms with E-state index >= 15 is 0 Å². The van der Waals surface area contributed by atoms with Gasteiger partial charge in [0.1, 0.15) is 23.9 Å². The molecule has 3 unspecified atom stereocenters. The molecule has 1 fully saturated rings. The van der Waals surface area contributed by atoms with Gasteiger partial charge in [0.15, 0.2) is 0 Å². The standard InChI is InChI=1S/C25H28FN3O3/c1-14(2)11-20-24(31)28-21(18-12-16-5-3-4-6-17(16)13-18)25(32)29(20)22(23(27)30)15-7-9-19(26)10-8-15/h3-10,14,18,20-22H,11-13H2,1-2H3,(H2,27,30)(H,28,31). The van der Waals surface area contributed by atoms with Crippen LogP contribution in [0.5, 0.6) is 0 Å². The minimum atomic E-state index is -1.15. The number of carbonyl (C=O) groups excluding carboxylic acids is 3. The van der Waals surface area contributed by atoms with Gasteiger partial charge in [-0.15, -0.1) is 0 Å². The Kier molecular flexibility index (Phi) is 6.00. The first-order valence-electron chi connectivity index (χ1n) is 11.0. The van der Waals surface area contributed by atoms with Gasteiger partial charge < -0.3 is 16.0 Å². The van der Waals surface area contributed by atoms with Gasteiger partial charge in [-0.3, -0.25) is 14.4 Å². The maximum atomic E-state index is 13.8. The van der Waals surface area contributed by atoms with Gasteiger partial charge >= 0.3 is 0 Å². The maximum Gasteiger partial charge on any atom is 0.247 e. The lowest BCUT2D eigenvalue weighted by molar-refractivity contribution is -0.157. The van der Waals surface area contributed by atoms with E-state index in [0.717, 1.165) is 0 Å². The topological polar surface area (TPSA) is 92.5 Å². The first-order chi connectivity index (χ1) is 15.3. The Bertz CT molecular complexity index is 1010. The normalized spacial score (nSPS) is 22.1. The van der Waals surface area contributed by atoms with Gasteiger partial charge in [-0.25, -0.2) is 4.39 Å². The number of benzene rings is 2.